The van der Waals surface area contributed by atoms with E-state index in [1.807, 2.05) is 0 Å². The van der Waals surface area contributed by atoms with Crippen LogP contribution in [0.3, 0.4) is 0 Å². The van der Waals surface area contributed by atoms with Gasteiger partial charge in [-0.05, 0) is 19.5 Å². The van der Waals surface area contributed by atoms with E-state index in [-0.39, 0.29) is 0 Å². The molecule has 1 saturated heterocycles. The minimum absolute atomic E-state index is 0.741. The van der Waals surface area contributed by atoms with Gasteiger partial charge in [0.15, 0.2) is 0 Å². The summed E-state index contributed by atoms with van der Waals surface area (Å²) in [6, 6.07) is 0.741. The summed E-state index contributed by atoms with van der Waals surface area (Å²) < 4.78 is 2.27. The molecule has 1 N–H and O–H groups in total. The molecule has 1 rings (SSSR count). The number of hydrogen-bond donors (Lipinski definition) is 1. The maximum absolute atomic E-state index is 3.36. The second-order valence-electron chi connectivity index (χ2n) is 2.73. The lowest BCUT2D eigenvalue weighted by Crippen LogP contribution is -2.29. The number of likely N-dealkylation sites (N-methyl/N-ethyl adjacent to an activating group) is 1. The molecule has 0 radical (unpaired) electrons. The highest BCUT2D eigenvalue weighted by Crippen LogP contribution is 2.16. The minimum Gasteiger partial charge on any atom is -0.315 e. The summed E-state index contributed by atoms with van der Waals surface area (Å²) >= 11 is 2.35. The summed E-state index contributed by atoms with van der Waals surface area (Å²) in [5, 5.41) is 3.36. The van der Waals surface area contributed by atoms with Gasteiger partial charge in [0.2, 0.25) is 0 Å². The number of hydrogen-bond acceptors (Lipinski definition) is 2. The molecule has 2 unspecified atom stereocenters. The highest BCUT2D eigenvalue weighted by molar-refractivity contribution is 14.1. The molecule has 0 aliphatic carbocycles. The van der Waals surface area contributed by atoms with Crippen LogP contribution in [-0.2, 0) is 0 Å². The van der Waals surface area contributed by atoms with E-state index < -0.39 is 0 Å². The van der Waals surface area contributed by atoms with Crippen LogP contribution in [0.1, 0.15) is 6.92 Å². The zero-order chi connectivity index (χ0) is 6.85. The van der Waals surface area contributed by atoms with Crippen molar-refractivity contribution >= 4 is 22.9 Å². The van der Waals surface area contributed by atoms with Gasteiger partial charge in [-0.15, -0.1) is 0 Å². The zero-order valence-corrected chi connectivity index (χ0v) is 8.05. The van der Waals surface area contributed by atoms with Crippen LogP contribution in [0.15, 0.2) is 0 Å². The summed E-state index contributed by atoms with van der Waals surface area (Å²) in [6.45, 7) is 4.62. The molecule has 0 aromatic rings. The van der Waals surface area contributed by atoms with Crippen LogP contribution >= 0.6 is 22.9 Å². The largest absolute Gasteiger partial charge is 0.315 e. The summed E-state index contributed by atoms with van der Waals surface area (Å²) in [5.41, 5.74) is 0. The molecule has 0 aromatic carbocycles. The Kier molecular flexibility index (Phi) is 2.73. The van der Waals surface area contributed by atoms with Gasteiger partial charge in [-0.25, -0.2) is 3.11 Å². The van der Waals surface area contributed by atoms with Crippen LogP contribution in [0.5, 0.6) is 0 Å². The van der Waals surface area contributed by atoms with Crippen molar-refractivity contribution in [2.24, 2.45) is 5.92 Å². The highest BCUT2D eigenvalue weighted by atomic mass is 127. The topological polar surface area (TPSA) is 15.3 Å². The number of rotatable bonds is 1. The summed E-state index contributed by atoms with van der Waals surface area (Å²) in [7, 11) is 2.13. The van der Waals surface area contributed by atoms with Gasteiger partial charge in [0.25, 0.3) is 0 Å². The lowest BCUT2D eigenvalue weighted by atomic mass is 10.1. The Balaban J connectivity index is 2.40. The van der Waals surface area contributed by atoms with E-state index >= 15 is 0 Å². The Hall–Kier alpha value is 0.650. The third kappa shape index (κ3) is 1.78. The molecular weight excluding hydrogens is 227 g/mol. The van der Waals surface area contributed by atoms with Gasteiger partial charge in [0, 0.05) is 35.5 Å². The molecule has 3 heteroatoms. The van der Waals surface area contributed by atoms with E-state index in [1.165, 1.54) is 6.54 Å². The molecular formula is C6H13IN2. The number of halogens is 1. The van der Waals surface area contributed by atoms with Crippen molar-refractivity contribution in [1.29, 1.82) is 0 Å². The van der Waals surface area contributed by atoms with Gasteiger partial charge < -0.3 is 5.32 Å². The Bertz CT molecular complexity index is 95.1. The van der Waals surface area contributed by atoms with Crippen LogP contribution < -0.4 is 5.32 Å². The first kappa shape index (κ1) is 7.75. The second kappa shape index (κ2) is 3.16. The average molecular weight is 240 g/mol. The Morgan fingerprint density at radius 2 is 2.22 bits per heavy atom. The monoisotopic (exact) mass is 240 g/mol. The summed E-state index contributed by atoms with van der Waals surface area (Å²) in [6.07, 6.45) is 0. The third-order valence-electron chi connectivity index (χ3n) is 1.93. The fraction of sp³-hybridized carbons (Fsp3) is 1.00. The summed E-state index contributed by atoms with van der Waals surface area (Å²) in [4.78, 5) is 0. The van der Waals surface area contributed by atoms with Gasteiger partial charge >= 0.3 is 0 Å². The molecule has 0 amide bonds. The number of nitrogens with one attached hydrogen (secondary N) is 1. The molecule has 0 aromatic heterocycles. The van der Waals surface area contributed by atoms with E-state index in [0.29, 0.717) is 0 Å². The van der Waals surface area contributed by atoms with Crippen molar-refractivity contribution in [2.75, 3.05) is 20.1 Å². The molecule has 1 aliphatic heterocycles. The van der Waals surface area contributed by atoms with Gasteiger partial charge in [-0.3, -0.25) is 0 Å². The third-order valence-corrected chi connectivity index (χ3v) is 2.65. The van der Waals surface area contributed by atoms with Gasteiger partial charge in [-0.1, -0.05) is 6.92 Å². The molecule has 9 heavy (non-hydrogen) atoms. The fourth-order valence-electron chi connectivity index (χ4n) is 1.27. The van der Waals surface area contributed by atoms with Crippen LogP contribution in [0, 0.1) is 5.92 Å². The van der Waals surface area contributed by atoms with Crippen molar-refractivity contribution in [3.8, 4) is 0 Å². The lowest BCUT2D eigenvalue weighted by Gasteiger charge is -2.19. The second-order valence-corrected chi connectivity index (χ2v) is 4.25. The molecule has 0 saturated carbocycles. The van der Waals surface area contributed by atoms with E-state index in [4.69, 9.17) is 0 Å². The molecule has 2 atom stereocenters. The Morgan fingerprint density at radius 1 is 1.56 bits per heavy atom. The molecule has 0 bridgehead atoms. The molecule has 0 spiro atoms. The van der Waals surface area contributed by atoms with E-state index in [9.17, 15) is 0 Å². The van der Waals surface area contributed by atoms with Crippen LogP contribution in [0.25, 0.3) is 0 Å². The van der Waals surface area contributed by atoms with E-state index in [0.717, 1.165) is 18.5 Å². The average Bonchev–Trinajstić information content (AvgIpc) is 2.13. The molecule has 54 valence electrons. The quantitative estimate of drug-likeness (QED) is 0.540. The highest BCUT2D eigenvalue weighted by Gasteiger charge is 2.24. The predicted octanol–water partition coefficient (Wildman–Crippen LogP) is 0.876. The number of nitrogens with zero attached hydrogens (tertiary/aromatic N) is 1. The maximum Gasteiger partial charge on any atom is 0.0353 e. The molecule has 2 nitrogen and oxygen atoms in total. The van der Waals surface area contributed by atoms with Crippen molar-refractivity contribution in [2.45, 2.75) is 13.0 Å². The predicted molar refractivity (Wildman–Crippen MR) is 47.6 cm³/mol. The van der Waals surface area contributed by atoms with E-state index in [1.54, 1.807) is 0 Å². The zero-order valence-electron chi connectivity index (χ0n) is 5.89. The normalized spacial score (nSPS) is 36.0. The van der Waals surface area contributed by atoms with Gasteiger partial charge in [-0.2, -0.15) is 0 Å². The van der Waals surface area contributed by atoms with Crippen molar-refractivity contribution in [3.05, 3.63) is 0 Å². The molecule has 1 fully saturated rings. The van der Waals surface area contributed by atoms with Crippen LogP contribution in [-0.4, -0.2) is 29.3 Å². The molecule has 1 aliphatic rings. The first-order valence-corrected chi connectivity index (χ1v) is 4.27. The first-order valence-electron chi connectivity index (χ1n) is 3.31. The van der Waals surface area contributed by atoms with Gasteiger partial charge in [0.1, 0.15) is 0 Å². The fourth-order valence-corrected chi connectivity index (χ4v) is 2.02. The lowest BCUT2D eigenvalue weighted by molar-refractivity contribution is 0.389. The van der Waals surface area contributed by atoms with Gasteiger partial charge in [0.05, 0.1) is 0 Å². The SMILES string of the molecule is CC1CNCC1N(C)I. The van der Waals surface area contributed by atoms with Crippen LogP contribution in [0.2, 0.25) is 0 Å². The molecule has 1 heterocycles. The Labute approximate surface area is 70.5 Å². The van der Waals surface area contributed by atoms with Crippen molar-refractivity contribution in [1.82, 2.24) is 8.43 Å². The van der Waals surface area contributed by atoms with Crippen molar-refractivity contribution < 1.29 is 0 Å². The minimum atomic E-state index is 0.741. The Morgan fingerprint density at radius 3 is 2.44 bits per heavy atom. The summed E-state index contributed by atoms with van der Waals surface area (Å²) in [5.74, 6) is 0.812. The maximum atomic E-state index is 3.36. The smallest absolute Gasteiger partial charge is 0.0353 e. The van der Waals surface area contributed by atoms with E-state index in [2.05, 4.69) is 45.3 Å². The standard InChI is InChI=1S/C6H13IN2/c1-5-3-8-4-6(5)9(2)7/h5-6,8H,3-4H2,1-2H3. The van der Waals surface area contributed by atoms with Crippen molar-refractivity contribution in [3.63, 3.8) is 0 Å². The van der Waals surface area contributed by atoms with Crippen LogP contribution in [0.4, 0.5) is 0 Å². The first-order chi connectivity index (χ1) is 4.22.